The molecule has 1 aromatic rings. The van der Waals surface area contributed by atoms with E-state index in [2.05, 4.69) is 11.8 Å². The summed E-state index contributed by atoms with van der Waals surface area (Å²) in [4.78, 5) is 2.10. The molecular formula is C16H33N2OP. The average molecular weight is 300 g/mol. The minimum atomic E-state index is -2.21. The highest BCUT2D eigenvalue weighted by atomic mass is 31.2. The molecule has 0 aliphatic heterocycles. The Morgan fingerprint density at radius 1 is 1.10 bits per heavy atom. The van der Waals surface area contributed by atoms with Crippen LogP contribution in [0.3, 0.4) is 0 Å². The van der Waals surface area contributed by atoms with Crippen LogP contribution >= 0.6 is 7.14 Å². The fourth-order valence-corrected chi connectivity index (χ4v) is 2.44. The van der Waals surface area contributed by atoms with Crippen LogP contribution in [0.25, 0.3) is 0 Å². The van der Waals surface area contributed by atoms with Crippen LogP contribution < -0.4 is 11.0 Å². The third-order valence-corrected chi connectivity index (χ3v) is 4.44. The Hall–Kier alpha value is -0.790. The van der Waals surface area contributed by atoms with Crippen LogP contribution in [-0.4, -0.2) is 32.3 Å². The van der Waals surface area contributed by atoms with Crippen molar-refractivity contribution in [2.24, 2.45) is 0 Å². The number of nitrogens with two attached hydrogens (primary N) is 1. The summed E-state index contributed by atoms with van der Waals surface area (Å²) >= 11 is 0. The maximum absolute atomic E-state index is 11.9. The monoisotopic (exact) mass is 300 g/mol. The molecule has 0 aromatic heterocycles. The number of nitrogen functional groups attached to an aromatic ring is 1. The van der Waals surface area contributed by atoms with Gasteiger partial charge in [-0.2, -0.15) is 0 Å². The Morgan fingerprint density at radius 2 is 1.55 bits per heavy atom. The second-order valence-electron chi connectivity index (χ2n) is 4.80. The number of anilines is 1. The van der Waals surface area contributed by atoms with Crippen molar-refractivity contribution in [3.05, 3.63) is 23.8 Å². The van der Waals surface area contributed by atoms with Crippen molar-refractivity contribution in [3.63, 3.8) is 0 Å². The van der Waals surface area contributed by atoms with E-state index in [0.29, 0.717) is 0 Å². The molecule has 0 aliphatic rings. The summed E-state index contributed by atoms with van der Waals surface area (Å²) in [6.07, 6.45) is 0. The van der Waals surface area contributed by atoms with Crippen LogP contribution in [0.15, 0.2) is 18.2 Å². The van der Waals surface area contributed by atoms with Crippen molar-refractivity contribution in [1.29, 1.82) is 0 Å². The van der Waals surface area contributed by atoms with Crippen LogP contribution in [0.1, 0.15) is 46.2 Å². The Kier molecular flexibility index (Phi) is 10.8. The first-order chi connectivity index (χ1) is 9.23. The van der Waals surface area contributed by atoms with Gasteiger partial charge in [0.1, 0.15) is 7.14 Å². The summed E-state index contributed by atoms with van der Waals surface area (Å²) in [7, 11) is 1.82. The molecule has 2 N–H and O–H groups in total. The Balaban J connectivity index is 0. The number of hydrogen-bond acceptors (Lipinski definition) is 3. The lowest BCUT2D eigenvalue weighted by Crippen LogP contribution is -2.19. The smallest absolute Gasteiger partial charge is 0.109 e. The van der Waals surface area contributed by atoms with E-state index in [9.17, 15) is 4.57 Å². The van der Waals surface area contributed by atoms with Crippen molar-refractivity contribution in [2.45, 2.75) is 40.7 Å². The molecule has 0 aliphatic carbocycles. The third kappa shape index (κ3) is 6.58. The van der Waals surface area contributed by atoms with Gasteiger partial charge in [0.2, 0.25) is 0 Å². The van der Waals surface area contributed by atoms with Gasteiger partial charge in [-0.05, 0) is 46.0 Å². The SMILES string of the molecule is CC.CC.CC(c1ccc(P(C)(C)=O)cc1N)N(C)C. The lowest BCUT2D eigenvalue weighted by atomic mass is 10.1. The topological polar surface area (TPSA) is 46.3 Å². The summed E-state index contributed by atoms with van der Waals surface area (Å²) < 4.78 is 11.9. The van der Waals surface area contributed by atoms with Gasteiger partial charge in [-0.3, -0.25) is 0 Å². The highest BCUT2D eigenvalue weighted by Gasteiger charge is 2.15. The van der Waals surface area contributed by atoms with E-state index in [0.717, 1.165) is 16.6 Å². The highest BCUT2D eigenvalue weighted by Crippen LogP contribution is 2.36. The maximum atomic E-state index is 11.9. The molecule has 0 bridgehead atoms. The van der Waals surface area contributed by atoms with Crippen LogP contribution in [0.4, 0.5) is 5.69 Å². The van der Waals surface area contributed by atoms with Gasteiger partial charge in [0.25, 0.3) is 0 Å². The van der Waals surface area contributed by atoms with E-state index in [4.69, 9.17) is 5.73 Å². The van der Waals surface area contributed by atoms with Crippen molar-refractivity contribution >= 4 is 18.1 Å². The van der Waals surface area contributed by atoms with Crippen LogP contribution in [-0.2, 0) is 4.57 Å². The third-order valence-electron chi connectivity index (χ3n) is 2.92. The molecule has 0 amide bonds. The maximum Gasteiger partial charge on any atom is 0.109 e. The van der Waals surface area contributed by atoms with Crippen LogP contribution in [0, 0.1) is 0 Å². The summed E-state index contributed by atoms with van der Waals surface area (Å²) in [5, 5.41) is 0.847. The molecule has 0 spiro atoms. The van der Waals surface area contributed by atoms with E-state index < -0.39 is 7.14 Å². The van der Waals surface area contributed by atoms with Gasteiger partial charge in [0, 0.05) is 17.0 Å². The lowest BCUT2D eigenvalue weighted by molar-refractivity contribution is 0.322. The predicted octanol–water partition coefficient (Wildman–Crippen LogP) is 4.19. The minimum absolute atomic E-state index is 0.266. The van der Waals surface area contributed by atoms with Gasteiger partial charge in [-0.15, -0.1) is 0 Å². The Labute approximate surface area is 125 Å². The zero-order chi connectivity index (χ0) is 16.5. The summed E-state index contributed by atoms with van der Waals surface area (Å²) in [6.45, 7) is 13.6. The van der Waals surface area contributed by atoms with Gasteiger partial charge >= 0.3 is 0 Å². The molecule has 1 aromatic carbocycles. The molecule has 1 atom stereocenters. The molecule has 0 saturated carbocycles. The summed E-state index contributed by atoms with van der Waals surface area (Å²) in [6, 6.07) is 6.01. The fourth-order valence-electron chi connectivity index (χ4n) is 1.56. The predicted molar refractivity (Wildman–Crippen MR) is 94.7 cm³/mol. The van der Waals surface area contributed by atoms with E-state index in [-0.39, 0.29) is 6.04 Å². The van der Waals surface area contributed by atoms with Crippen molar-refractivity contribution in [1.82, 2.24) is 4.90 Å². The summed E-state index contributed by atoms with van der Waals surface area (Å²) in [5.41, 5.74) is 7.82. The van der Waals surface area contributed by atoms with Crippen LogP contribution in [0.5, 0.6) is 0 Å². The van der Waals surface area contributed by atoms with Crippen LogP contribution in [0.2, 0.25) is 0 Å². The first kappa shape index (κ1) is 21.5. The van der Waals surface area contributed by atoms with E-state index in [1.807, 2.05) is 60.0 Å². The minimum Gasteiger partial charge on any atom is -0.398 e. The molecular weight excluding hydrogens is 267 g/mol. The quantitative estimate of drug-likeness (QED) is 0.672. The number of hydrogen-bond donors (Lipinski definition) is 1. The normalized spacial score (nSPS) is 11.9. The summed E-state index contributed by atoms with van der Waals surface area (Å²) in [5.74, 6) is 0. The zero-order valence-corrected chi connectivity index (χ0v) is 15.6. The first-order valence-corrected chi connectivity index (χ1v) is 9.95. The first-order valence-electron chi connectivity index (χ1n) is 7.35. The largest absolute Gasteiger partial charge is 0.398 e. The molecule has 0 heterocycles. The highest BCUT2D eigenvalue weighted by molar-refractivity contribution is 7.70. The molecule has 0 saturated heterocycles. The Morgan fingerprint density at radius 3 is 1.85 bits per heavy atom. The van der Waals surface area contributed by atoms with Gasteiger partial charge in [0.15, 0.2) is 0 Å². The molecule has 0 fully saturated rings. The van der Waals surface area contributed by atoms with Crippen molar-refractivity contribution in [3.8, 4) is 0 Å². The number of rotatable bonds is 3. The lowest BCUT2D eigenvalue weighted by Gasteiger charge is -2.22. The van der Waals surface area contributed by atoms with E-state index in [1.54, 1.807) is 13.3 Å². The molecule has 3 nitrogen and oxygen atoms in total. The van der Waals surface area contributed by atoms with Gasteiger partial charge in [0.05, 0.1) is 0 Å². The van der Waals surface area contributed by atoms with Crippen molar-refractivity contribution in [2.75, 3.05) is 33.2 Å². The molecule has 4 heteroatoms. The van der Waals surface area contributed by atoms with Gasteiger partial charge in [-0.1, -0.05) is 39.8 Å². The molecule has 0 radical (unpaired) electrons. The number of benzene rings is 1. The average Bonchev–Trinajstić information content (AvgIpc) is 2.41. The molecule has 1 unspecified atom stereocenters. The fraction of sp³-hybridized carbons (Fsp3) is 0.625. The zero-order valence-electron chi connectivity index (χ0n) is 14.7. The van der Waals surface area contributed by atoms with Gasteiger partial charge in [-0.25, -0.2) is 0 Å². The van der Waals surface area contributed by atoms with E-state index in [1.165, 1.54) is 0 Å². The van der Waals surface area contributed by atoms with Crippen molar-refractivity contribution < 1.29 is 4.57 Å². The number of nitrogens with zero attached hydrogens (tertiary/aromatic N) is 1. The molecule has 20 heavy (non-hydrogen) atoms. The molecule has 118 valence electrons. The standard InChI is InChI=1S/C12H21N2OP.2C2H6/c1-9(14(2)3)11-7-6-10(8-12(11)13)16(4,5)15;2*1-2/h6-9H,13H2,1-5H3;2*1-2H3. The van der Waals surface area contributed by atoms with E-state index >= 15 is 0 Å². The molecule has 1 rings (SSSR count). The van der Waals surface area contributed by atoms with Gasteiger partial charge < -0.3 is 15.2 Å². The second-order valence-corrected chi connectivity index (χ2v) is 8.02. The Bertz CT molecular complexity index is 424. The second kappa shape index (κ2) is 10.0.